The molecule has 2 aromatic heterocycles. The maximum absolute atomic E-state index is 13.0. The number of aromatic amines is 1. The lowest BCUT2D eigenvalue weighted by molar-refractivity contribution is -0.131. The first-order valence-corrected chi connectivity index (χ1v) is 8.45. The number of hydrogen-bond acceptors (Lipinski definition) is 2. The van der Waals surface area contributed by atoms with Gasteiger partial charge in [-0.1, -0.05) is 18.2 Å². The van der Waals surface area contributed by atoms with Gasteiger partial charge < -0.3 is 14.5 Å². The number of imidazole rings is 1. The second-order valence-corrected chi connectivity index (χ2v) is 6.66. The molecule has 1 amide bonds. The van der Waals surface area contributed by atoms with Crippen LogP contribution in [-0.4, -0.2) is 31.4 Å². The van der Waals surface area contributed by atoms with E-state index in [1.807, 2.05) is 41.8 Å². The highest BCUT2D eigenvalue weighted by Gasteiger charge is 2.33. The van der Waals surface area contributed by atoms with Crippen LogP contribution in [0.5, 0.6) is 0 Å². The van der Waals surface area contributed by atoms with E-state index >= 15 is 0 Å². The quantitative estimate of drug-likeness (QED) is 0.785. The molecule has 0 unspecified atom stereocenters. The fraction of sp³-hybridized carbons (Fsp3) is 0.368. The van der Waals surface area contributed by atoms with Crippen LogP contribution >= 0.6 is 0 Å². The summed E-state index contributed by atoms with van der Waals surface area (Å²) < 4.78 is 1.99. The van der Waals surface area contributed by atoms with Gasteiger partial charge in [-0.2, -0.15) is 0 Å². The van der Waals surface area contributed by atoms with Crippen molar-refractivity contribution >= 4 is 16.8 Å². The van der Waals surface area contributed by atoms with Gasteiger partial charge >= 0.3 is 0 Å². The number of benzene rings is 1. The minimum Gasteiger partial charge on any atom is -0.358 e. The van der Waals surface area contributed by atoms with Crippen molar-refractivity contribution in [1.82, 2.24) is 19.4 Å². The Morgan fingerprint density at radius 1 is 1.38 bits per heavy atom. The van der Waals surface area contributed by atoms with Gasteiger partial charge in [-0.25, -0.2) is 4.98 Å². The molecule has 1 aliphatic rings. The van der Waals surface area contributed by atoms with Crippen LogP contribution in [0.4, 0.5) is 0 Å². The smallest absolute Gasteiger partial charge is 0.227 e. The Morgan fingerprint density at radius 3 is 2.88 bits per heavy atom. The summed E-state index contributed by atoms with van der Waals surface area (Å²) in [5.41, 5.74) is 3.29. The van der Waals surface area contributed by atoms with E-state index in [9.17, 15) is 4.79 Å². The van der Waals surface area contributed by atoms with Crippen molar-refractivity contribution in [3.05, 3.63) is 53.7 Å². The Balaban J connectivity index is 1.59. The molecule has 0 radical (unpaired) electrons. The van der Waals surface area contributed by atoms with Crippen LogP contribution in [0.1, 0.15) is 29.9 Å². The third kappa shape index (κ3) is 2.70. The molecular weight excluding hydrogens is 300 g/mol. The second-order valence-electron chi connectivity index (χ2n) is 6.66. The van der Waals surface area contributed by atoms with Crippen molar-refractivity contribution in [2.75, 3.05) is 0 Å². The number of aryl methyl sites for hydroxylation is 2. The molecular formula is C19H22N4O. The van der Waals surface area contributed by atoms with Crippen LogP contribution in [-0.2, 0) is 24.8 Å². The van der Waals surface area contributed by atoms with Gasteiger partial charge in [0.2, 0.25) is 5.91 Å². The SMILES string of the molecule is Cc1[nH]c2ccccc2c1CC(=O)N(Cc1nccn1C)C1CC1. The van der Waals surface area contributed by atoms with Gasteiger partial charge in [0.05, 0.1) is 13.0 Å². The highest BCUT2D eigenvalue weighted by molar-refractivity contribution is 5.90. The minimum atomic E-state index is 0.188. The molecule has 1 N–H and O–H groups in total. The third-order valence-corrected chi connectivity index (χ3v) is 4.90. The molecule has 1 fully saturated rings. The summed E-state index contributed by atoms with van der Waals surface area (Å²) >= 11 is 0. The van der Waals surface area contributed by atoms with Crippen LogP contribution in [0.2, 0.25) is 0 Å². The first-order chi connectivity index (χ1) is 11.6. The number of rotatable bonds is 5. The molecule has 4 rings (SSSR count). The lowest BCUT2D eigenvalue weighted by atomic mass is 10.1. The van der Waals surface area contributed by atoms with E-state index < -0.39 is 0 Å². The van der Waals surface area contributed by atoms with Crippen LogP contribution in [0.15, 0.2) is 36.7 Å². The van der Waals surface area contributed by atoms with Gasteiger partial charge in [-0.3, -0.25) is 4.79 Å². The molecule has 0 bridgehead atoms. The van der Waals surface area contributed by atoms with Crippen molar-refractivity contribution in [2.24, 2.45) is 7.05 Å². The highest BCUT2D eigenvalue weighted by Crippen LogP contribution is 2.30. The number of nitrogens with zero attached hydrogens (tertiary/aromatic N) is 3. The topological polar surface area (TPSA) is 53.9 Å². The van der Waals surface area contributed by atoms with Gasteiger partial charge in [0.25, 0.3) is 0 Å². The van der Waals surface area contributed by atoms with Gasteiger partial charge in [0.1, 0.15) is 5.82 Å². The summed E-state index contributed by atoms with van der Waals surface area (Å²) in [5.74, 6) is 1.12. The molecule has 0 atom stereocenters. The molecule has 5 nitrogen and oxygen atoms in total. The van der Waals surface area contributed by atoms with Crippen molar-refractivity contribution in [3.8, 4) is 0 Å². The van der Waals surface area contributed by atoms with Gasteiger partial charge in [-0.15, -0.1) is 0 Å². The summed E-state index contributed by atoms with van der Waals surface area (Å²) in [4.78, 5) is 22.8. The molecule has 0 spiro atoms. The van der Waals surface area contributed by atoms with E-state index in [1.54, 1.807) is 6.20 Å². The average molecular weight is 322 g/mol. The average Bonchev–Trinajstić information content (AvgIpc) is 3.26. The fourth-order valence-corrected chi connectivity index (χ4v) is 3.32. The molecule has 0 aliphatic heterocycles. The Labute approximate surface area is 141 Å². The number of nitrogens with one attached hydrogen (secondary N) is 1. The fourth-order valence-electron chi connectivity index (χ4n) is 3.32. The molecule has 0 saturated heterocycles. The van der Waals surface area contributed by atoms with Crippen LogP contribution in [0.3, 0.4) is 0 Å². The third-order valence-electron chi connectivity index (χ3n) is 4.90. The summed E-state index contributed by atoms with van der Waals surface area (Å²) in [5, 5.41) is 1.15. The van der Waals surface area contributed by atoms with Gasteiger partial charge in [0, 0.05) is 42.1 Å². The largest absolute Gasteiger partial charge is 0.358 e. The highest BCUT2D eigenvalue weighted by atomic mass is 16.2. The number of amides is 1. The van der Waals surface area contributed by atoms with Crippen LogP contribution < -0.4 is 0 Å². The van der Waals surface area contributed by atoms with Crippen molar-refractivity contribution in [2.45, 2.75) is 38.8 Å². The predicted octanol–water partition coefficient (Wildman–Crippen LogP) is 2.94. The van der Waals surface area contributed by atoms with Gasteiger partial charge in [-0.05, 0) is 31.4 Å². The summed E-state index contributed by atoms with van der Waals surface area (Å²) in [6.07, 6.45) is 6.35. The Hall–Kier alpha value is -2.56. The molecule has 1 aliphatic carbocycles. The Kier molecular flexibility index (Phi) is 3.63. The van der Waals surface area contributed by atoms with Crippen molar-refractivity contribution < 1.29 is 4.79 Å². The first kappa shape index (κ1) is 15.0. The Morgan fingerprint density at radius 2 is 2.17 bits per heavy atom. The van der Waals surface area contributed by atoms with E-state index in [1.165, 1.54) is 0 Å². The van der Waals surface area contributed by atoms with E-state index in [-0.39, 0.29) is 5.91 Å². The van der Waals surface area contributed by atoms with Crippen LogP contribution in [0.25, 0.3) is 10.9 Å². The first-order valence-electron chi connectivity index (χ1n) is 8.45. The van der Waals surface area contributed by atoms with Gasteiger partial charge in [0.15, 0.2) is 0 Å². The zero-order chi connectivity index (χ0) is 16.7. The number of fused-ring (bicyclic) bond motifs is 1. The molecule has 2 heterocycles. The molecule has 1 saturated carbocycles. The molecule has 1 aromatic carbocycles. The zero-order valence-corrected chi connectivity index (χ0v) is 14.1. The standard InChI is InChI=1S/C19H22N4O/c1-13-16(15-5-3-4-6-17(15)21-13)11-19(24)23(14-7-8-14)12-18-20-9-10-22(18)2/h3-6,9-10,14,21H,7-8,11-12H2,1-2H3. The Bertz CT molecular complexity index is 888. The zero-order valence-electron chi connectivity index (χ0n) is 14.1. The van der Waals surface area contributed by atoms with E-state index in [0.717, 1.165) is 40.8 Å². The monoisotopic (exact) mass is 322 g/mol. The molecule has 124 valence electrons. The van der Waals surface area contributed by atoms with Crippen molar-refractivity contribution in [3.63, 3.8) is 0 Å². The number of H-pyrrole nitrogens is 1. The van der Waals surface area contributed by atoms with Crippen molar-refractivity contribution in [1.29, 1.82) is 0 Å². The lowest BCUT2D eigenvalue weighted by Gasteiger charge is -2.22. The maximum Gasteiger partial charge on any atom is 0.227 e. The summed E-state index contributed by atoms with van der Waals surface area (Å²) in [7, 11) is 1.97. The minimum absolute atomic E-state index is 0.188. The maximum atomic E-state index is 13.0. The predicted molar refractivity (Wildman–Crippen MR) is 93.5 cm³/mol. The summed E-state index contributed by atoms with van der Waals surface area (Å²) in [6, 6.07) is 8.56. The molecule has 5 heteroatoms. The molecule has 24 heavy (non-hydrogen) atoms. The number of carbonyl (C=O) groups excluding carboxylic acids is 1. The normalized spacial score (nSPS) is 14.2. The van der Waals surface area contributed by atoms with E-state index in [0.29, 0.717) is 19.0 Å². The van der Waals surface area contributed by atoms with E-state index in [4.69, 9.17) is 0 Å². The number of para-hydroxylation sites is 1. The number of carbonyl (C=O) groups is 1. The number of hydrogen-bond donors (Lipinski definition) is 1. The molecule has 3 aromatic rings. The van der Waals surface area contributed by atoms with Crippen LogP contribution in [0, 0.1) is 6.92 Å². The number of aromatic nitrogens is 3. The summed E-state index contributed by atoms with van der Waals surface area (Å²) in [6.45, 7) is 2.64. The van der Waals surface area contributed by atoms with E-state index in [2.05, 4.69) is 22.1 Å². The lowest BCUT2D eigenvalue weighted by Crippen LogP contribution is -2.34. The second kappa shape index (κ2) is 5.82.